The molecule has 210 valence electrons. The van der Waals surface area contributed by atoms with E-state index in [2.05, 4.69) is 20.9 Å². The molecule has 2 aliphatic heterocycles. The number of aliphatic imine (C=N–C) groups is 1. The van der Waals surface area contributed by atoms with Crippen molar-refractivity contribution in [3.05, 3.63) is 59.7 Å². The summed E-state index contributed by atoms with van der Waals surface area (Å²) < 4.78 is 10.5. The van der Waals surface area contributed by atoms with E-state index < -0.39 is 36.1 Å². The van der Waals surface area contributed by atoms with E-state index in [0.29, 0.717) is 29.9 Å². The van der Waals surface area contributed by atoms with Crippen molar-refractivity contribution in [3.63, 3.8) is 0 Å². The van der Waals surface area contributed by atoms with Gasteiger partial charge in [-0.2, -0.15) is 0 Å². The number of nitrogens with one attached hydrogen (secondary N) is 4. The highest BCUT2D eigenvalue weighted by atomic mass is 16.5. The summed E-state index contributed by atoms with van der Waals surface area (Å²) in [5.74, 6) is -1.75. The number of nitrogens with two attached hydrogens (primary N) is 1. The van der Waals surface area contributed by atoms with Gasteiger partial charge in [-0.3, -0.25) is 15.0 Å². The number of benzene rings is 2. The van der Waals surface area contributed by atoms with Crippen LogP contribution in [-0.2, 0) is 23.9 Å². The van der Waals surface area contributed by atoms with Crippen LogP contribution >= 0.6 is 0 Å². The lowest BCUT2D eigenvalue weighted by atomic mass is 10.1. The zero-order valence-corrected chi connectivity index (χ0v) is 22.1. The summed E-state index contributed by atoms with van der Waals surface area (Å²) in [6, 6.07) is 11.1. The first-order valence-electron chi connectivity index (χ1n) is 12.7. The number of methoxy groups -OCH3 is 1. The SMILES string of the molecule is CCOC(=O)C(CNC(=O)NC1CCN(c2ccc(C(=N)N)cc2)C1=O)NC(=O)C1=Nc2ccccc2C1OC. The first-order valence-corrected chi connectivity index (χ1v) is 12.7. The van der Waals surface area contributed by atoms with E-state index in [9.17, 15) is 19.2 Å². The van der Waals surface area contributed by atoms with Gasteiger partial charge in [-0.15, -0.1) is 0 Å². The van der Waals surface area contributed by atoms with Crippen molar-refractivity contribution in [2.24, 2.45) is 10.7 Å². The second kappa shape index (κ2) is 12.4. The summed E-state index contributed by atoms with van der Waals surface area (Å²) in [5.41, 5.74) is 8.04. The highest BCUT2D eigenvalue weighted by Crippen LogP contribution is 2.35. The minimum absolute atomic E-state index is 0.0737. The van der Waals surface area contributed by atoms with E-state index in [-0.39, 0.29) is 30.6 Å². The average molecular weight is 550 g/mol. The molecule has 0 saturated carbocycles. The van der Waals surface area contributed by atoms with Crippen molar-refractivity contribution in [1.82, 2.24) is 16.0 Å². The number of amides is 4. The van der Waals surface area contributed by atoms with Crippen molar-refractivity contribution >= 4 is 46.7 Å². The maximum atomic E-state index is 13.1. The molecule has 40 heavy (non-hydrogen) atoms. The molecular weight excluding hydrogens is 518 g/mol. The lowest BCUT2D eigenvalue weighted by molar-refractivity contribution is -0.146. The molecule has 2 aromatic rings. The van der Waals surface area contributed by atoms with Gasteiger partial charge >= 0.3 is 12.0 Å². The average Bonchev–Trinajstić information content (AvgIpc) is 3.51. The fourth-order valence-corrected chi connectivity index (χ4v) is 4.52. The van der Waals surface area contributed by atoms with Crippen LogP contribution < -0.4 is 26.6 Å². The molecule has 3 atom stereocenters. The topological polar surface area (TPSA) is 188 Å². The Balaban J connectivity index is 1.35. The number of urea groups is 1. The zero-order chi connectivity index (χ0) is 28.8. The van der Waals surface area contributed by atoms with E-state index in [1.54, 1.807) is 49.4 Å². The number of para-hydroxylation sites is 1. The van der Waals surface area contributed by atoms with Crippen LogP contribution in [0, 0.1) is 5.41 Å². The number of carbonyl (C=O) groups is 4. The molecule has 13 nitrogen and oxygen atoms in total. The third kappa shape index (κ3) is 6.10. The summed E-state index contributed by atoms with van der Waals surface area (Å²) in [5, 5.41) is 15.2. The number of amidine groups is 1. The molecule has 0 bridgehead atoms. The first kappa shape index (κ1) is 28.2. The maximum Gasteiger partial charge on any atom is 0.330 e. The van der Waals surface area contributed by atoms with Gasteiger partial charge in [-0.25, -0.2) is 14.6 Å². The molecule has 6 N–H and O–H groups in total. The quantitative estimate of drug-likeness (QED) is 0.165. The van der Waals surface area contributed by atoms with Crippen LogP contribution in [0.3, 0.4) is 0 Å². The Labute approximate surface area is 230 Å². The number of nitrogen functional groups attached to an aromatic ring is 1. The molecule has 1 saturated heterocycles. The van der Waals surface area contributed by atoms with Gasteiger partial charge in [0.15, 0.2) is 0 Å². The Morgan fingerprint density at radius 1 is 1.18 bits per heavy atom. The fourth-order valence-electron chi connectivity index (χ4n) is 4.52. The number of ether oxygens (including phenoxy) is 2. The van der Waals surface area contributed by atoms with Crippen LogP contribution in [0.2, 0.25) is 0 Å². The Bertz CT molecular complexity index is 1340. The summed E-state index contributed by atoms with van der Waals surface area (Å²) in [7, 11) is 1.46. The van der Waals surface area contributed by atoms with Crippen LogP contribution in [0.1, 0.15) is 30.6 Å². The number of hydrogen-bond acceptors (Lipinski definition) is 8. The number of carbonyl (C=O) groups excluding carboxylic acids is 4. The molecule has 4 rings (SSSR count). The third-order valence-corrected chi connectivity index (χ3v) is 6.52. The van der Waals surface area contributed by atoms with Crippen molar-refractivity contribution in [3.8, 4) is 0 Å². The summed E-state index contributed by atoms with van der Waals surface area (Å²) >= 11 is 0. The normalized spacial score (nSPS) is 18.4. The maximum absolute atomic E-state index is 13.1. The van der Waals surface area contributed by atoms with E-state index in [4.69, 9.17) is 20.6 Å². The monoisotopic (exact) mass is 549 g/mol. The molecule has 0 radical (unpaired) electrons. The number of anilines is 1. The lowest BCUT2D eigenvalue weighted by Gasteiger charge is -2.20. The van der Waals surface area contributed by atoms with Gasteiger partial charge < -0.3 is 36.1 Å². The molecule has 3 unspecified atom stereocenters. The second-order valence-electron chi connectivity index (χ2n) is 9.10. The lowest BCUT2D eigenvalue weighted by Crippen LogP contribution is -2.54. The van der Waals surface area contributed by atoms with E-state index in [0.717, 1.165) is 5.56 Å². The molecule has 2 aliphatic rings. The Hall–Kier alpha value is -4.78. The molecule has 4 amide bonds. The molecule has 1 fully saturated rings. The van der Waals surface area contributed by atoms with E-state index in [1.165, 1.54) is 12.0 Å². The smallest absolute Gasteiger partial charge is 0.330 e. The van der Waals surface area contributed by atoms with Gasteiger partial charge in [0.1, 0.15) is 29.7 Å². The predicted octanol–water partition coefficient (Wildman–Crippen LogP) is 0.897. The molecular formula is C27H31N7O6. The number of hydrogen-bond donors (Lipinski definition) is 5. The highest BCUT2D eigenvalue weighted by Gasteiger charge is 2.36. The van der Waals surface area contributed by atoms with Gasteiger partial charge in [-0.1, -0.05) is 18.2 Å². The third-order valence-electron chi connectivity index (χ3n) is 6.52. The molecule has 2 aromatic carbocycles. The van der Waals surface area contributed by atoms with Crippen LogP contribution in [0.4, 0.5) is 16.2 Å². The van der Waals surface area contributed by atoms with Gasteiger partial charge in [0.2, 0.25) is 5.91 Å². The standard InChI is InChI=1S/C27H31N7O6/c1-3-40-26(37)20(32-24(35)21-22(39-2)17-6-4-5-7-18(17)31-21)14-30-27(38)33-19-12-13-34(25(19)36)16-10-8-15(9-11-16)23(28)29/h4-11,19-20,22H,3,12-14H2,1-2H3,(H3,28,29)(H,32,35)(H2,30,33,38). The van der Waals surface area contributed by atoms with Crippen molar-refractivity contribution in [2.45, 2.75) is 31.5 Å². The minimum Gasteiger partial charge on any atom is -0.464 e. The van der Waals surface area contributed by atoms with Crippen molar-refractivity contribution in [1.29, 1.82) is 5.41 Å². The highest BCUT2D eigenvalue weighted by molar-refractivity contribution is 6.42. The number of rotatable bonds is 10. The Kier molecular flexibility index (Phi) is 8.74. The molecule has 13 heteroatoms. The molecule has 0 aromatic heterocycles. The van der Waals surface area contributed by atoms with Gasteiger partial charge in [0.05, 0.1) is 18.8 Å². The van der Waals surface area contributed by atoms with Crippen molar-refractivity contribution < 1.29 is 28.7 Å². The van der Waals surface area contributed by atoms with Crippen LogP contribution in [0.25, 0.3) is 0 Å². The second-order valence-corrected chi connectivity index (χ2v) is 9.10. The number of nitrogens with zero attached hydrogens (tertiary/aromatic N) is 2. The van der Waals surface area contributed by atoms with Gasteiger partial charge in [-0.05, 0) is 43.7 Å². The van der Waals surface area contributed by atoms with Gasteiger partial charge in [0.25, 0.3) is 5.91 Å². The molecule has 2 heterocycles. The Morgan fingerprint density at radius 3 is 2.58 bits per heavy atom. The van der Waals surface area contributed by atoms with Crippen LogP contribution in [-0.4, -0.2) is 74.3 Å². The van der Waals surface area contributed by atoms with E-state index in [1.807, 2.05) is 6.07 Å². The summed E-state index contributed by atoms with van der Waals surface area (Å²) in [6.07, 6.45) is -0.331. The van der Waals surface area contributed by atoms with Crippen LogP contribution in [0.5, 0.6) is 0 Å². The zero-order valence-electron chi connectivity index (χ0n) is 22.1. The number of esters is 1. The largest absolute Gasteiger partial charge is 0.464 e. The van der Waals surface area contributed by atoms with Crippen molar-refractivity contribution in [2.75, 3.05) is 31.7 Å². The molecule has 0 aliphatic carbocycles. The number of fused-ring (bicyclic) bond motifs is 1. The Morgan fingerprint density at radius 2 is 1.90 bits per heavy atom. The molecule has 0 spiro atoms. The fraction of sp³-hybridized carbons (Fsp3) is 0.333. The predicted molar refractivity (Wildman–Crippen MR) is 147 cm³/mol. The minimum atomic E-state index is -1.21. The van der Waals surface area contributed by atoms with Crippen LogP contribution in [0.15, 0.2) is 53.5 Å². The first-order chi connectivity index (χ1) is 19.2. The summed E-state index contributed by atoms with van der Waals surface area (Å²) in [6.45, 7) is 1.80. The van der Waals surface area contributed by atoms with Gasteiger partial charge in [0, 0.05) is 30.5 Å². The summed E-state index contributed by atoms with van der Waals surface area (Å²) in [4.78, 5) is 57.1. The van der Waals surface area contributed by atoms with E-state index >= 15 is 0 Å².